The number of amides is 3. The molecule has 7 nitrogen and oxygen atoms in total. The molecule has 3 aromatic rings. The minimum atomic E-state index is -0.219. The summed E-state index contributed by atoms with van der Waals surface area (Å²) in [5.41, 5.74) is 3.72. The second-order valence-corrected chi connectivity index (χ2v) is 9.40. The van der Waals surface area contributed by atoms with Gasteiger partial charge in [-0.2, -0.15) is 0 Å². The third kappa shape index (κ3) is 8.49. The lowest BCUT2D eigenvalue weighted by Gasteiger charge is -2.22. The Morgan fingerprint density at radius 3 is 2.16 bits per heavy atom. The van der Waals surface area contributed by atoms with Crippen molar-refractivity contribution in [1.82, 2.24) is 5.32 Å². The maximum atomic E-state index is 12.6. The van der Waals surface area contributed by atoms with Crippen LogP contribution in [0.2, 0.25) is 0 Å². The fraction of sp³-hybridized carbons (Fsp3) is 0.300. The number of carbonyl (C=O) groups excluding carboxylic acids is 3. The molecule has 0 aromatic heterocycles. The predicted molar refractivity (Wildman–Crippen MR) is 148 cm³/mol. The van der Waals surface area contributed by atoms with E-state index in [-0.39, 0.29) is 30.3 Å². The van der Waals surface area contributed by atoms with E-state index in [0.717, 1.165) is 36.9 Å². The van der Waals surface area contributed by atoms with Crippen LogP contribution in [0.1, 0.15) is 54.4 Å². The molecule has 1 aliphatic carbocycles. The lowest BCUT2D eigenvalue weighted by Crippen LogP contribution is -2.36. The second kappa shape index (κ2) is 13.3. The molecule has 0 atom stereocenters. The van der Waals surface area contributed by atoms with Gasteiger partial charge in [-0.25, -0.2) is 0 Å². The smallest absolute Gasteiger partial charge is 0.251 e. The van der Waals surface area contributed by atoms with Gasteiger partial charge in [-0.3, -0.25) is 14.4 Å². The first-order chi connectivity index (χ1) is 18.0. The Hall–Kier alpha value is -4.13. The molecule has 0 saturated heterocycles. The van der Waals surface area contributed by atoms with Crippen molar-refractivity contribution in [3.8, 4) is 0 Å². The van der Waals surface area contributed by atoms with Crippen molar-refractivity contribution < 1.29 is 14.4 Å². The van der Waals surface area contributed by atoms with E-state index in [1.165, 1.54) is 6.42 Å². The minimum absolute atomic E-state index is 0.0430. The molecule has 7 heteroatoms. The van der Waals surface area contributed by atoms with Crippen LogP contribution in [0.25, 0.3) is 0 Å². The molecular weight excluding hydrogens is 464 g/mol. The quantitative estimate of drug-likeness (QED) is 0.302. The second-order valence-electron chi connectivity index (χ2n) is 9.40. The zero-order valence-corrected chi connectivity index (χ0v) is 21.0. The molecule has 0 radical (unpaired) electrons. The number of aryl methyl sites for hydroxylation is 1. The lowest BCUT2D eigenvalue weighted by atomic mass is 9.95. The van der Waals surface area contributed by atoms with Gasteiger partial charge in [0.25, 0.3) is 5.91 Å². The van der Waals surface area contributed by atoms with Crippen LogP contribution in [0.3, 0.4) is 0 Å². The lowest BCUT2D eigenvalue weighted by molar-refractivity contribution is -0.116. The largest absolute Gasteiger partial charge is 0.376 e. The first-order valence-corrected chi connectivity index (χ1v) is 12.9. The fourth-order valence-electron chi connectivity index (χ4n) is 4.44. The Morgan fingerprint density at radius 2 is 1.41 bits per heavy atom. The molecule has 0 spiro atoms. The van der Waals surface area contributed by atoms with Gasteiger partial charge >= 0.3 is 0 Å². The van der Waals surface area contributed by atoms with Crippen molar-refractivity contribution in [1.29, 1.82) is 0 Å². The Balaban J connectivity index is 1.20. The maximum absolute atomic E-state index is 12.6. The summed E-state index contributed by atoms with van der Waals surface area (Å²) < 4.78 is 0. The molecule has 3 aromatic carbocycles. The van der Waals surface area contributed by atoms with Crippen LogP contribution in [0.15, 0.2) is 78.9 Å². The summed E-state index contributed by atoms with van der Waals surface area (Å²) >= 11 is 0. The molecule has 1 aliphatic rings. The van der Waals surface area contributed by atoms with Gasteiger partial charge in [0, 0.05) is 35.1 Å². The summed E-state index contributed by atoms with van der Waals surface area (Å²) in [6, 6.07) is 24.4. The van der Waals surface area contributed by atoms with Gasteiger partial charge in [-0.1, -0.05) is 55.7 Å². The van der Waals surface area contributed by atoms with E-state index in [1.807, 2.05) is 42.5 Å². The third-order valence-corrected chi connectivity index (χ3v) is 6.45. The number of rotatable bonds is 10. The van der Waals surface area contributed by atoms with Gasteiger partial charge in [0.05, 0.1) is 6.54 Å². The highest BCUT2D eigenvalue weighted by atomic mass is 16.2. The Morgan fingerprint density at radius 1 is 0.703 bits per heavy atom. The molecule has 0 aliphatic heterocycles. The average molecular weight is 499 g/mol. The molecular formula is C30H34N4O3. The SMILES string of the molecule is O=C(CCc1ccccc1)Nc1ccc(NCC(=O)Nc2cccc(C(=O)NC3CCCCC3)c2)cc1. The highest BCUT2D eigenvalue weighted by molar-refractivity contribution is 5.98. The van der Waals surface area contributed by atoms with Crippen molar-refractivity contribution in [3.63, 3.8) is 0 Å². The summed E-state index contributed by atoms with van der Waals surface area (Å²) in [4.78, 5) is 37.3. The van der Waals surface area contributed by atoms with Crippen molar-refractivity contribution in [2.45, 2.75) is 51.0 Å². The number of benzene rings is 3. The molecule has 0 heterocycles. The van der Waals surface area contributed by atoms with E-state index in [2.05, 4.69) is 21.3 Å². The summed E-state index contributed by atoms with van der Waals surface area (Å²) in [5.74, 6) is -0.366. The molecule has 4 N–H and O–H groups in total. The van der Waals surface area contributed by atoms with Crippen LogP contribution in [-0.2, 0) is 16.0 Å². The normalized spacial score (nSPS) is 13.4. The van der Waals surface area contributed by atoms with Gasteiger partial charge in [0.2, 0.25) is 11.8 Å². The molecule has 192 valence electrons. The van der Waals surface area contributed by atoms with E-state index in [4.69, 9.17) is 0 Å². The Labute approximate surface area is 218 Å². The molecule has 0 bridgehead atoms. The van der Waals surface area contributed by atoms with Crippen molar-refractivity contribution in [2.75, 3.05) is 22.5 Å². The van der Waals surface area contributed by atoms with Crippen LogP contribution in [0.4, 0.5) is 17.1 Å². The minimum Gasteiger partial charge on any atom is -0.376 e. The van der Waals surface area contributed by atoms with E-state index >= 15 is 0 Å². The van der Waals surface area contributed by atoms with Crippen LogP contribution < -0.4 is 21.3 Å². The number of hydrogen-bond donors (Lipinski definition) is 4. The summed E-state index contributed by atoms with van der Waals surface area (Å²) in [6.07, 6.45) is 6.69. The zero-order chi connectivity index (χ0) is 25.9. The number of anilines is 3. The highest BCUT2D eigenvalue weighted by Crippen LogP contribution is 2.19. The molecule has 1 saturated carbocycles. The fourth-order valence-corrected chi connectivity index (χ4v) is 4.44. The monoisotopic (exact) mass is 498 g/mol. The van der Waals surface area contributed by atoms with E-state index in [1.54, 1.807) is 36.4 Å². The van der Waals surface area contributed by atoms with Crippen molar-refractivity contribution >= 4 is 34.8 Å². The topological polar surface area (TPSA) is 99.3 Å². The first-order valence-electron chi connectivity index (χ1n) is 12.9. The molecule has 4 rings (SSSR count). The van der Waals surface area contributed by atoms with Gasteiger partial charge in [-0.15, -0.1) is 0 Å². The molecule has 37 heavy (non-hydrogen) atoms. The van der Waals surface area contributed by atoms with Gasteiger partial charge < -0.3 is 21.3 Å². The number of hydrogen-bond acceptors (Lipinski definition) is 4. The summed E-state index contributed by atoms with van der Waals surface area (Å²) in [6.45, 7) is 0.0707. The summed E-state index contributed by atoms with van der Waals surface area (Å²) in [7, 11) is 0. The summed E-state index contributed by atoms with van der Waals surface area (Å²) in [5, 5.41) is 11.9. The van der Waals surface area contributed by atoms with Crippen LogP contribution in [0, 0.1) is 0 Å². The van der Waals surface area contributed by atoms with E-state index < -0.39 is 0 Å². The molecule has 0 unspecified atom stereocenters. The maximum Gasteiger partial charge on any atom is 0.251 e. The van der Waals surface area contributed by atoms with Crippen LogP contribution in [-0.4, -0.2) is 30.3 Å². The average Bonchev–Trinajstić information content (AvgIpc) is 2.93. The number of nitrogens with one attached hydrogen (secondary N) is 4. The molecule has 1 fully saturated rings. The standard InChI is InChI=1S/C30H34N4O3/c35-28(19-14-22-8-3-1-4-9-22)32-26-17-15-24(16-18-26)31-21-29(36)33-27-13-7-10-23(20-27)30(37)34-25-11-5-2-6-12-25/h1,3-4,7-10,13,15-18,20,25,31H,2,5-6,11-12,14,19,21H2,(H,32,35)(H,33,36)(H,34,37). The van der Waals surface area contributed by atoms with Crippen LogP contribution in [0.5, 0.6) is 0 Å². The van der Waals surface area contributed by atoms with Gasteiger partial charge in [0.1, 0.15) is 0 Å². The van der Waals surface area contributed by atoms with Crippen LogP contribution >= 0.6 is 0 Å². The Kier molecular flexibility index (Phi) is 9.29. The third-order valence-electron chi connectivity index (χ3n) is 6.45. The number of carbonyl (C=O) groups is 3. The van der Waals surface area contributed by atoms with E-state index in [9.17, 15) is 14.4 Å². The first kappa shape index (κ1) is 25.9. The van der Waals surface area contributed by atoms with Gasteiger partial charge in [0.15, 0.2) is 0 Å². The van der Waals surface area contributed by atoms with Crippen molar-refractivity contribution in [3.05, 3.63) is 90.0 Å². The molecule has 3 amide bonds. The Bertz CT molecular complexity index is 1190. The predicted octanol–water partition coefficient (Wildman–Crippen LogP) is 5.37. The highest BCUT2D eigenvalue weighted by Gasteiger charge is 2.17. The zero-order valence-electron chi connectivity index (χ0n) is 21.0. The van der Waals surface area contributed by atoms with Gasteiger partial charge in [-0.05, 0) is 67.3 Å². The van der Waals surface area contributed by atoms with Crippen molar-refractivity contribution in [2.24, 2.45) is 0 Å². The van der Waals surface area contributed by atoms with E-state index in [0.29, 0.717) is 29.8 Å².